The predicted molar refractivity (Wildman–Crippen MR) is 182 cm³/mol. The minimum atomic E-state index is -0.650. The quantitative estimate of drug-likeness (QED) is 0.211. The number of hydrogen-bond acceptors (Lipinski definition) is 10. The first-order valence-electron chi connectivity index (χ1n) is 15.2. The van der Waals surface area contributed by atoms with E-state index in [0.29, 0.717) is 46.8 Å². The van der Waals surface area contributed by atoms with Crippen molar-refractivity contribution in [3.63, 3.8) is 0 Å². The Balaban J connectivity index is 1.65. The average molecular weight is 735 g/mol. The summed E-state index contributed by atoms with van der Waals surface area (Å²) in [4.78, 5) is 40.2. The Morgan fingerprint density at radius 1 is 1.13 bits per heavy atom. The molecule has 4 heterocycles. The van der Waals surface area contributed by atoms with Crippen LogP contribution in [0.5, 0.6) is 5.75 Å². The van der Waals surface area contributed by atoms with Gasteiger partial charge in [0.2, 0.25) is 5.95 Å². The third-order valence-corrected chi connectivity index (χ3v) is 7.96. The number of carbonyl (C=O) groups excluding carboxylic acids is 2. The molecule has 0 aliphatic carbocycles. The Kier molecular flexibility index (Phi) is 11.4. The zero-order valence-corrected chi connectivity index (χ0v) is 29.2. The van der Waals surface area contributed by atoms with Crippen LogP contribution in [0, 0.1) is 3.70 Å². The van der Waals surface area contributed by atoms with E-state index in [2.05, 4.69) is 57.0 Å². The van der Waals surface area contributed by atoms with Gasteiger partial charge in [-0.2, -0.15) is 10.1 Å². The SMILES string of the molecule is CCCC(CCC)Nc1nc(NC(=O)OC)nc2c(I)nn(Cc3cnc(C4=CCN(C(=O)OC(C)(C)C)CC4)cc3OC)c12. The molecule has 244 valence electrons. The number of hydrogen-bond donors (Lipinski definition) is 2. The van der Waals surface area contributed by atoms with E-state index >= 15 is 0 Å². The fourth-order valence-corrected chi connectivity index (χ4v) is 5.78. The lowest BCUT2D eigenvalue weighted by Gasteiger charge is -2.29. The highest BCUT2D eigenvalue weighted by molar-refractivity contribution is 14.1. The number of anilines is 2. The van der Waals surface area contributed by atoms with Crippen LogP contribution in [0.2, 0.25) is 0 Å². The van der Waals surface area contributed by atoms with Crippen molar-refractivity contribution >= 4 is 63.2 Å². The zero-order chi connectivity index (χ0) is 32.7. The summed E-state index contributed by atoms with van der Waals surface area (Å²) in [6.45, 7) is 11.2. The van der Waals surface area contributed by atoms with Crippen LogP contribution < -0.4 is 15.4 Å². The van der Waals surface area contributed by atoms with Gasteiger partial charge in [-0.25, -0.2) is 14.6 Å². The summed E-state index contributed by atoms with van der Waals surface area (Å²) in [7, 11) is 2.93. The summed E-state index contributed by atoms with van der Waals surface area (Å²) in [5, 5.41) is 11.0. The summed E-state index contributed by atoms with van der Waals surface area (Å²) in [6, 6.07) is 2.11. The highest BCUT2D eigenvalue weighted by Gasteiger charge is 2.25. The highest BCUT2D eigenvalue weighted by Crippen LogP contribution is 2.31. The lowest BCUT2D eigenvalue weighted by molar-refractivity contribution is 0.0270. The molecule has 0 saturated heterocycles. The third-order valence-electron chi connectivity index (χ3n) is 7.23. The Morgan fingerprint density at radius 2 is 1.87 bits per heavy atom. The van der Waals surface area contributed by atoms with Gasteiger partial charge in [-0.3, -0.25) is 15.0 Å². The van der Waals surface area contributed by atoms with Gasteiger partial charge in [-0.1, -0.05) is 32.8 Å². The average Bonchev–Trinajstić information content (AvgIpc) is 3.31. The second-order valence-electron chi connectivity index (χ2n) is 11.9. The lowest BCUT2D eigenvalue weighted by atomic mass is 10.0. The Labute approximate surface area is 277 Å². The molecule has 1 aliphatic heterocycles. The number of methoxy groups -OCH3 is 2. The van der Waals surface area contributed by atoms with E-state index in [0.717, 1.165) is 48.0 Å². The topological polar surface area (TPSA) is 146 Å². The zero-order valence-electron chi connectivity index (χ0n) is 27.1. The largest absolute Gasteiger partial charge is 0.496 e. The first-order chi connectivity index (χ1) is 21.5. The minimum Gasteiger partial charge on any atom is -0.496 e. The van der Waals surface area contributed by atoms with Gasteiger partial charge < -0.3 is 24.4 Å². The molecule has 0 unspecified atom stereocenters. The van der Waals surface area contributed by atoms with Gasteiger partial charge in [0.25, 0.3) is 0 Å². The van der Waals surface area contributed by atoms with Crippen LogP contribution in [0.3, 0.4) is 0 Å². The van der Waals surface area contributed by atoms with Gasteiger partial charge in [0.1, 0.15) is 26.1 Å². The highest BCUT2D eigenvalue weighted by atomic mass is 127. The fourth-order valence-electron chi connectivity index (χ4n) is 5.14. The number of fused-ring (bicyclic) bond motifs is 1. The molecule has 3 aromatic heterocycles. The second kappa shape index (κ2) is 15.1. The summed E-state index contributed by atoms with van der Waals surface area (Å²) < 4.78 is 18.6. The fraction of sp³-hybridized carbons (Fsp3) is 0.548. The van der Waals surface area contributed by atoms with Crippen LogP contribution in [-0.2, 0) is 16.0 Å². The summed E-state index contributed by atoms with van der Waals surface area (Å²) in [5.41, 5.74) is 3.46. The van der Waals surface area contributed by atoms with Crippen molar-refractivity contribution in [2.75, 3.05) is 37.9 Å². The molecule has 4 rings (SSSR count). The van der Waals surface area contributed by atoms with Crippen LogP contribution in [0.4, 0.5) is 21.4 Å². The van der Waals surface area contributed by atoms with Gasteiger partial charge in [0.15, 0.2) is 5.82 Å². The first kappa shape index (κ1) is 34.2. The summed E-state index contributed by atoms with van der Waals surface area (Å²) in [5.74, 6) is 1.39. The van der Waals surface area contributed by atoms with E-state index < -0.39 is 11.7 Å². The van der Waals surface area contributed by atoms with Crippen LogP contribution in [-0.4, -0.2) is 80.8 Å². The van der Waals surface area contributed by atoms with E-state index in [4.69, 9.17) is 24.3 Å². The molecule has 0 fully saturated rings. The van der Waals surface area contributed by atoms with Crippen LogP contribution in [0.15, 0.2) is 18.3 Å². The van der Waals surface area contributed by atoms with Crippen molar-refractivity contribution in [1.29, 1.82) is 0 Å². The number of nitrogens with one attached hydrogen (secondary N) is 2. The van der Waals surface area contributed by atoms with Crippen molar-refractivity contribution in [2.24, 2.45) is 0 Å². The Bertz CT molecular complexity index is 1540. The van der Waals surface area contributed by atoms with Crippen molar-refractivity contribution in [3.05, 3.63) is 33.3 Å². The molecule has 0 atom stereocenters. The second-order valence-corrected chi connectivity index (χ2v) is 12.9. The van der Waals surface area contributed by atoms with Crippen molar-refractivity contribution < 1.29 is 23.8 Å². The van der Waals surface area contributed by atoms with Gasteiger partial charge in [-0.15, -0.1) is 0 Å². The molecular weight excluding hydrogens is 691 g/mol. The number of nitrogens with zero attached hydrogens (tertiary/aromatic N) is 6. The molecule has 0 radical (unpaired) electrons. The normalized spacial score (nSPS) is 13.5. The maximum absolute atomic E-state index is 12.5. The Morgan fingerprint density at radius 3 is 2.47 bits per heavy atom. The van der Waals surface area contributed by atoms with Crippen molar-refractivity contribution in [2.45, 2.75) is 84.9 Å². The smallest absolute Gasteiger partial charge is 0.413 e. The summed E-state index contributed by atoms with van der Waals surface area (Å²) >= 11 is 2.15. The minimum absolute atomic E-state index is 0.135. The number of ether oxygens (including phenoxy) is 3. The van der Waals surface area contributed by atoms with Crippen LogP contribution in [0.25, 0.3) is 16.6 Å². The first-order valence-corrected chi connectivity index (χ1v) is 16.3. The van der Waals surface area contributed by atoms with Gasteiger partial charge in [-0.05, 0) is 68.2 Å². The third kappa shape index (κ3) is 8.73. The molecule has 0 saturated carbocycles. The van der Waals surface area contributed by atoms with E-state index in [1.807, 2.05) is 37.6 Å². The molecule has 2 amide bonds. The lowest BCUT2D eigenvalue weighted by Crippen LogP contribution is -2.39. The molecule has 0 bridgehead atoms. The van der Waals surface area contributed by atoms with E-state index in [9.17, 15) is 9.59 Å². The number of amides is 2. The summed E-state index contributed by atoms with van der Waals surface area (Å²) in [6.07, 6.45) is 7.46. The van der Waals surface area contributed by atoms with Crippen molar-refractivity contribution in [3.8, 4) is 5.75 Å². The number of aromatic nitrogens is 5. The van der Waals surface area contributed by atoms with Gasteiger partial charge >= 0.3 is 12.2 Å². The standard InChI is InChI=1S/C31H43IN8O5/c1-8-10-21(11-9-2)34-27-25-24(35-28(36-27)37-29(41)44-7)26(32)38-40(25)18-20-17-33-22(16-23(20)43-6)19-12-14-39(15-13-19)30(42)45-31(3,4)5/h12,16-17,21H,8-11,13-15,18H2,1-7H3,(H2,34,35,36,37,41). The van der Waals surface area contributed by atoms with E-state index in [1.165, 1.54) is 7.11 Å². The van der Waals surface area contributed by atoms with Crippen LogP contribution >= 0.6 is 22.6 Å². The maximum atomic E-state index is 12.5. The van der Waals surface area contributed by atoms with Gasteiger partial charge in [0, 0.05) is 37.0 Å². The van der Waals surface area contributed by atoms with Crippen molar-refractivity contribution in [1.82, 2.24) is 29.6 Å². The molecule has 45 heavy (non-hydrogen) atoms. The molecule has 0 aromatic carbocycles. The number of carbonyl (C=O) groups is 2. The number of halogens is 1. The van der Waals surface area contributed by atoms with E-state index in [1.54, 1.807) is 18.2 Å². The molecule has 1 aliphatic rings. The molecule has 14 heteroatoms. The molecule has 3 aromatic rings. The molecule has 13 nitrogen and oxygen atoms in total. The maximum Gasteiger partial charge on any atom is 0.413 e. The molecule has 0 spiro atoms. The number of rotatable bonds is 11. The number of pyridine rings is 1. The van der Waals surface area contributed by atoms with E-state index in [-0.39, 0.29) is 18.1 Å². The molecular formula is C31H43IN8O5. The monoisotopic (exact) mass is 734 g/mol. The Hall–Kier alpha value is -3.69. The van der Waals surface area contributed by atoms with Gasteiger partial charge in [0.05, 0.1) is 26.5 Å². The predicted octanol–water partition coefficient (Wildman–Crippen LogP) is 6.47. The van der Waals surface area contributed by atoms with Crippen LogP contribution in [0.1, 0.15) is 78.0 Å². The molecule has 2 N–H and O–H groups in total.